The molecule has 1 aromatic heterocycles. The molecule has 2 N–H and O–H groups in total. The maximum atomic E-state index is 11.7. The Hall–Kier alpha value is -0.970. The minimum Gasteiger partial charge on any atom is -0.325 e. The van der Waals surface area contributed by atoms with Crippen molar-refractivity contribution in [2.75, 3.05) is 6.67 Å². The van der Waals surface area contributed by atoms with Crippen molar-refractivity contribution < 1.29 is 4.39 Å². The van der Waals surface area contributed by atoms with Gasteiger partial charge in [-0.05, 0) is 6.42 Å². The summed E-state index contributed by atoms with van der Waals surface area (Å²) in [4.78, 5) is 0. The number of nitrogens with two attached hydrogens (primary N) is 1. The third kappa shape index (κ3) is 2.27. The van der Waals surface area contributed by atoms with Crippen LogP contribution in [0.1, 0.15) is 12.1 Å². The average molecular weight is 158 g/mol. The zero-order valence-electron chi connectivity index (χ0n) is 6.20. The van der Waals surface area contributed by atoms with Crippen molar-refractivity contribution in [1.29, 1.82) is 0 Å². The molecule has 0 fully saturated rings. The highest BCUT2D eigenvalue weighted by atomic mass is 19.1. The molecule has 4 nitrogen and oxygen atoms in total. The molecule has 0 atom stereocenters. The Balaban J connectivity index is 2.44. The lowest BCUT2D eigenvalue weighted by Gasteiger charge is -1.93. The van der Waals surface area contributed by atoms with Gasteiger partial charge in [0.15, 0.2) is 0 Å². The summed E-state index contributed by atoms with van der Waals surface area (Å²) in [7, 11) is 0. The molecule has 0 radical (unpaired) electrons. The molecule has 0 aliphatic rings. The number of aromatic nitrogens is 3. The van der Waals surface area contributed by atoms with Crippen LogP contribution < -0.4 is 5.73 Å². The monoisotopic (exact) mass is 158 g/mol. The Labute approximate surface area is 64.2 Å². The quantitative estimate of drug-likeness (QED) is 0.676. The predicted molar refractivity (Wildman–Crippen MR) is 38.5 cm³/mol. The van der Waals surface area contributed by atoms with Crippen LogP contribution in [0.15, 0.2) is 6.20 Å². The van der Waals surface area contributed by atoms with Crippen molar-refractivity contribution in [3.63, 3.8) is 0 Å². The van der Waals surface area contributed by atoms with Gasteiger partial charge in [0, 0.05) is 19.3 Å². The standard InChI is InChI=1S/C6H11FN4/c7-2-1-3-11-5-6(4-8)9-10-11/h5H,1-4,8H2. The fourth-order valence-electron chi connectivity index (χ4n) is 0.763. The van der Waals surface area contributed by atoms with Gasteiger partial charge in [-0.15, -0.1) is 5.10 Å². The van der Waals surface area contributed by atoms with Gasteiger partial charge in [-0.1, -0.05) is 5.21 Å². The maximum Gasteiger partial charge on any atom is 0.0962 e. The van der Waals surface area contributed by atoms with Crippen LogP contribution in [0.4, 0.5) is 4.39 Å². The van der Waals surface area contributed by atoms with Gasteiger partial charge in [-0.2, -0.15) is 0 Å². The summed E-state index contributed by atoms with van der Waals surface area (Å²) >= 11 is 0. The first-order chi connectivity index (χ1) is 5.36. The van der Waals surface area contributed by atoms with Gasteiger partial charge in [-0.3, -0.25) is 9.07 Å². The van der Waals surface area contributed by atoms with E-state index in [2.05, 4.69) is 10.3 Å². The van der Waals surface area contributed by atoms with E-state index >= 15 is 0 Å². The molecule has 0 aromatic carbocycles. The number of aryl methyl sites for hydroxylation is 1. The normalized spacial score (nSPS) is 10.4. The van der Waals surface area contributed by atoms with E-state index in [1.807, 2.05) is 0 Å². The third-order valence-corrected chi connectivity index (χ3v) is 1.32. The van der Waals surface area contributed by atoms with Gasteiger partial charge in [0.05, 0.1) is 12.4 Å². The molecule has 0 aliphatic heterocycles. The highest BCUT2D eigenvalue weighted by Crippen LogP contribution is 1.92. The van der Waals surface area contributed by atoms with Crippen molar-refractivity contribution in [2.24, 2.45) is 5.73 Å². The lowest BCUT2D eigenvalue weighted by atomic mass is 10.4. The molecule has 0 amide bonds. The Bertz CT molecular complexity index is 210. The van der Waals surface area contributed by atoms with Crippen LogP contribution in [0.5, 0.6) is 0 Å². The van der Waals surface area contributed by atoms with Crippen molar-refractivity contribution >= 4 is 0 Å². The zero-order valence-corrected chi connectivity index (χ0v) is 6.20. The summed E-state index contributed by atoms with van der Waals surface area (Å²) < 4.78 is 13.3. The molecule has 1 heterocycles. The SMILES string of the molecule is NCc1cn(CCCF)nn1. The lowest BCUT2D eigenvalue weighted by molar-refractivity contribution is 0.431. The first kappa shape index (κ1) is 8.13. The fourth-order valence-corrected chi connectivity index (χ4v) is 0.763. The first-order valence-corrected chi connectivity index (χ1v) is 3.52. The van der Waals surface area contributed by atoms with Crippen LogP contribution in [0.3, 0.4) is 0 Å². The van der Waals surface area contributed by atoms with E-state index in [1.54, 1.807) is 10.9 Å². The van der Waals surface area contributed by atoms with E-state index in [9.17, 15) is 4.39 Å². The molecule has 62 valence electrons. The highest BCUT2D eigenvalue weighted by molar-refractivity contribution is 4.90. The summed E-state index contributed by atoms with van der Waals surface area (Å²) in [6.45, 7) is 0.636. The smallest absolute Gasteiger partial charge is 0.0962 e. The van der Waals surface area contributed by atoms with Gasteiger partial charge < -0.3 is 5.73 Å². The molecular weight excluding hydrogens is 147 g/mol. The number of nitrogens with zero attached hydrogens (tertiary/aromatic N) is 3. The predicted octanol–water partition coefficient (Wildman–Crippen LogP) is 0.0964. The molecule has 5 heteroatoms. The topological polar surface area (TPSA) is 56.7 Å². The minimum atomic E-state index is -0.322. The molecule has 11 heavy (non-hydrogen) atoms. The van der Waals surface area contributed by atoms with Crippen LogP contribution in [0.25, 0.3) is 0 Å². The Kier molecular flexibility index (Phi) is 2.97. The Morgan fingerprint density at radius 3 is 3.00 bits per heavy atom. The molecule has 0 aliphatic carbocycles. The van der Waals surface area contributed by atoms with E-state index in [-0.39, 0.29) is 6.67 Å². The van der Waals surface area contributed by atoms with Crippen molar-refractivity contribution in [3.8, 4) is 0 Å². The number of hydrogen-bond donors (Lipinski definition) is 1. The summed E-state index contributed by atoms with van der Waals surface area (Å²) in [6, 6.07) is 0. The van der Waals surface area contributed by atoms with Gasteiger partial charge in [0.2, 0.25) is 0 Å². The van der Waals surface area contributed by atoms with E-state index < -0.39 is 0 Å². The second-order valence-electron chi connectivity index (χ2n) is 2.22. The summed E-state index contributed by atoms with van der Waals surface area (Å²) in [5.41, 5.74) is 6.04. The van der Waals surface area contributed by atoms with Gasteiger partial charge in [-0.25, -0.2) is 0 Å². The van der Waals surface area contributed by atoms with Crippen LogP contribution in [-0.4, -0.2) is 21.7 Å². The van der Waals surface area contributed by atoms with E-state index in [4.69, 9.17) is 5.73 Å². The molecule has 0 spiro atoms. The minimum absolute atomic E-state index is 0.322. The first-order valence-electron chi connectivity index (χ1n) is 3.52. The van der Waals surface area contributed by atoms with E-state index in [0.29, 0.717) is 19.5 Å². The number of hydrogen-bond acceptors (Lipinski definition) is 3. The number of rotatable bonds is 4. The zero-order chi connectivity index (χ0) is 8.10. The second-order valence-corrected chi connectivity index (χ2v) is 2.22. The van der Waals surface area contributed by atoms with Gasteiger partial charge in [0.1, 0.15) is 0 Å². The number of halogens is 1. The molecule has 0 bridgehead atoms. The molecule has 1 rings (SSSR count). The number of alkyl halides is 1. The van der Waals surface area contributed by atoms with Crippen LogP contribution >= 0.6 is 0 Å². The maximum absolute atomic E-state index is 11.7. The van der Waals surface area contributed by atoms with Crippen molar-refractivity contribution in [3.05, 3.63) is 11.9 Å². The van der Waals surface area contributed by atoms with E-state index in [1.165, 1.54) is 0 Å². The van der Waals surface area contributed by atoms with E-state index in [0.717, 1.165) is 5.69 Å². The van der Waals surface area contributed by atoms with Crippen LogP contribution in [0, 0.1) is 0 Å². The van der Waals surface area contributed by atoms with Crippen LogP contribution in [-0.2, 0) is 13.1 Å². The van der Waals surface area contributed by atoms with Crippen LogP contribution in [0.2, 0.25) is 0 Å². The summed E-state index contributed by atoms with van der Waals surface area (Å²) in [5.74, 6) is 0. The highest BCUT2D eigenvalue weighted by Gasteiger charge is 1.96. The molecule has 0 saturated heterocycles. The fraction of sp³-hybridized carbons (Fsp3) is 0.667. The Morgan fingerprint density at radius 1 is 1.64 bits per heavy atom. The van der Waals surface area contributed by atoms with Gasteiger partial charge in [0.25, 0.3) is 0 Å². The van der Waals surface area contributed by atoms with Crippen molar-refractivity contribution in [1.82, 2.24) is 15.0 Å². The molecule has 0 saturated carbocycles. The van der Waals surface area contributed by atoms with Crippen molar-refractivity contribution in [2.45, 2.75) is 19.5 Å². The molecular formula is C6H11FN4. The molecule has 0 unspecified atom stereocenters. The lowest BCUT2D eigenvalue weighted by Crippen LogP contribution is -1.99. The molecule has 1 aromatic rings. The summed E-state index contributed by atoms with van der Waals surface area (Å²) in [5, 5.41) is 7.50. The summed E-state index contributed by atoms with van der Waals surface area (Å²) in [6.07, 6.45) is 2.21. The van der Waals surface area contributed by atoms with Gasteiger partial charge >= 0.3 is 0 Å². The Morgan fingerprint density at radius 2 is 2.45 bits per heavy atom. The third-order valence-electron chi connectivity index (χ3n) is 1.32. The largest absolute Gasteiger partial charge is 0.325 e. The second kappa shape index (κ2) is 4.02. The average Bonchev–Trinajstić information content (AvgIpc) is 2.48.